The average molecular weight is 330 g/mol. The third-order valence-corrected chi connectivity index (χ3v) is 4.92. The Morgan fingerprint density at radius 1 is 1.45 bits per heavy atom. The molecule has 0 saturated carbocycles. The van der Waals surface area contributed by atoms with Crippen molar-refractivity contribution < 1.29 is 27.9 Å². The second-order valence-electron chi connectivity index (χ2n) is 4.82. The molecule has 0 bridgehead atoms. The number of ether oxygens (including phenoxy) is 1. The Kier molecular flexibility index (Phi) is 5.61. The fourth-order valence-electron chi connectivity index (χ4n) is 1.71. The maximum atomic E-state index is 12.4. The van der Waals surface area contributed by atoms with Gasteiger partial charge in [0.2, 0.25) is 10.0 Å². The van der Waals surface area contributed by atoms with E-state index in [4.69, 9.17) is 5.11 Å². The van der Waals surface area contributed by atoms with E-state index in [0.29, 0.717) is 5.69 Å². The second-order valence-corrected chi connectivity index (χ2v) is 6.87. The largest absolute Gasteiger partial charge is 0.481 e. The van der Waals surface area contributed by atoms with Crippen LogP contribution in [0.5, 0.6) is 0 Å². The zero-order valence-electron chi connectivity index (χ0n) is 12.7. The number of aliphatic carboxylic acids is 1. The monoisotopic (exact) mass is 330 g/mol. The van der Waals surface area contributed by atoms with Gasteiger partial charge in [0.05, 0.1) is 24.3 Å². The normalized spacial score (nSPS) is 13.0. The molecule has 1 unspecified atom stereocenters. The highest BCUT2D eigenvalue weighted by atomic mass is 32.2. The van der Waals surface area contributed by atoms with Gasteiger partial charge in [0.1, 0.15) is 4.90 Å². The van der Waals surface area contributed by atoms with Gasteiger partial charge in [-0.05, 0) is 13.0 Å². The van der Waals surface area contributed by atoms with E-state index in [1.54, 1.807) is 6.92 Å². The summed E-state index contributed by atoms with van der Waals surface area (Å²) in [6, 6.07) is 1.17. The van der Waals surface area contributed by atoms with Gasteiger partial charge < -0.3 is 9.84 Å². The third-order valence-electron chi connectivity index (χ3n) is 3.13. The summed E-state index contributed by atoms with van der Waals surface area (Å²) in [4.78, 5) is 26.1. The first kappa shape index (κ1) is 18.1. The molecule has 0 radical (unpaired) electrons. The first-order valence-electron chi connectivity index (χ1n) is 6.35. The summed E-state index contributed by atoms with van der Waals surface area (Å²) >= 11 is 0. The number of methoxy groups -OCH3 is 1. The Hall–Kier alpha value is -2.00. The lowest BCUT2D eigenvalue weighted by atomic mass is 10.2. The zero-order valence-corrected chi connectivity index (χ0v) is 13.5. The van der Waals surface area contributed by atoms with Crippen LogP contribution in [0.25, 0.3) is 0 Å². The molecule has 0 aliphatic carbocycles. The first-order chi connectivity index (χ1) is 10.1. The number of pyridine rings is 1. The Morgan fingerprint density at radius 3 is 2.55 bits per heavy atom. The number of hydrogen-bond donors (Lipinski definition) is 1. The van der Waals surface area contributed by atoms with E-state index in [1.165, 1.54) is 27.1 Å². The molecule has 1 aromatic rings. The van der Waals surface area contributed by atoms with Crippen LogP contribution in [0.2, 0.25) is 0 Å². The molecule has 9 heteroatoms. The first-order valence-corrected chi connectivity index (χ1v) is 7.79. The molecule has 0 spiro atoms. The average Bonchev–Trinajstić information content (AvgIpc) is 2.46. The number of aryl methyl sites for hydroxylation is 1. The Bertz CT molecular complexity index is 686. The molecule has 1 aromatic heterocycles. The van der Waals surface area contributed by atoms with Gasteiger partial charge >= 0.3 is 11.9 Å². The van der Waals surface area contributed by atoms with Crippen molar-refractivity contribution in [2.45, 2.75) is 18.7 Å². The van der Waals surface area contributed by atoms with E-state index in [9.17, 15) is 18.0 Å². The highest BCUT2D eigenvalue weighted by Gasteiger charge is 2.26. The van der Waals surface area contributed by atoms with Crippen molar-refractivity contribution in [3.8, 4) is 0 Å². The van der Waals surface area contributed by atoms with Crippen LogP contribution in [-0.4, -0.2) is 55.5 Å². The van der Waals surface area contributed by atoms with Gasteiger partial charge in [0.15, 0.2) is 0 Å². The summed E-state index contributed by atoms with van der Waals surface area (Å²) < 4.78 is 30.3. The number of aromatic nitrogens is 1. The number of nitrogens with zero attached hydrogens (tertiary/aromatic N) is 2. The summed E-state index contributed by atoms with van der Waals surface area (Å²) in [6.45, 7) is 2.76. The molecule has 22 heavy (non-hydrogen) atoms. The fraction of sp³-hybridized carbons (Fsp3) is 0.462. The van der Waals surface area contributed by atoms with Gasteiger partial charge in [-0.1, -0.05) is 6.92 Å². The molecule has 122 valence electrons. The van der Waals surface area contributed by atoms with E-state index >= 15 is 0 Å². The predicted octanol–water partition coefficient (Wildman–Crippen LogP) is 0.518. The molecule has 0 aromatic carbocycles. The smallest absolute Gasteiger partial charge is 0.339 e. The third kappa shape index (κ3) is 3.80. The summed E-state index contributed by atoms with van der Waals surface area (Å²) in [5, 5.41) is 8.86. The number of carbonyl (C=O) groups is 2. The Balaban J connectivity index is 3.18. The zero-order chi connectivity index (χ0) is 17.1. The Labute approximate surface area is 128 Å². The minimum Gasteiger partial charge on any atom is -0.481 e. The maximum absolute atomic E-state index is 12.4. The number of carboxylic acids is 1. The molecular formula is C13H18N2O6S. The van der Waals surface area contributed by atoms with Gasteiger partial charge in [-0.2, -0.15) is 0 Å². The number of rotatable bonds is 6. The van der Waals surface area contributed by atoms with Gasteiger partial charge in [0.25, 0.3) is 0 Å². The van der Waals surface area contributed by atoms with Gasteiger partial charge in [0, 0.05) is 19.8 Å². The van der Waals surface area contributed by atoms with E-state index in [2.05, 4.69) is 9.72 Å². The van der Waals surface area contributed by atoms with Crippen molar-refractivity contribution in [3.05, 3.63) is 23.5 Å². The van der Waals surface area contributed by atoms with E-state index in [-0.39, 0.29) is 17.0 Å². The molecule has 0 fully saturated rings. The standard InChI is InChI=1S/C13H18N2O6S/c1-8(12(16)17)7-15(3)22(19,20)10-5-11(13(18)21-4)9(2)14-6-10/h5-6,8H,7H2,1-4H3,(H,16,17). The molecule has 1 N–H and O–H groups in total. The number of carboxylic acid groups (broad SMARTS) is 1. The molecular weight excluding hydrogens is 312 g/mol. The van der Waals surface area contributed by atoms with E-state index in [1.807, 2.05) is 0 Å². The highest BCUT2D eigenvalue weighted by molar-refractivity contribution is 7.89. The molecule has 1 heterocycles. The lowest BCUT2D eigenvalue weighted by Gasteiger charge is -2.19. The van der Waals surface area contributed by atoms with Crippen LogP contribution in [0.15, 0.2) is 17.2 Å². The number of carbonyl (C=O) groups excluding carboxylic acids is 1. The van der Waals surface area contributed by atoms with Crippen LogP contribution >= 0.6 is 0 Å². The second kappa shape index (κ2) is 6.84. The maximum Gasteiger partial charge on any atom is 0.339 e. The predicted molar refractivity (Wildman–Crippen MR) is 76.9 cm³/mol. The van der Waals surface area contributed by atoms with Crippen molar-refractivity contribution >= 4 is 22.0 Å². The molecule has 0 aliphatic rings. The quantitative estimate of drug-likeness (QED) is 0.756. The summed E-state index contributed by atoms with van der Waals surface area (Å²) in [5.41, 5.74) is 0.385. The molecule has 8 nitrogen and oxygen atoms in total. The Morgan fingerprint density at radius 2 is 2.05 bits per heavy atom. The highest BCUT2D eigenvalue weighted by Crippen LogP contribution is 2.18. The lowest BCUT2D eigenvalue weighted by molar-refractivity contribution is -0.141. The summed E-state index contributed by atoms with van der Waals surface area (Å²) in [7, 11) is -1.49. The topological polar surface area (TPSA) is 114 Å². The van der Waals surface area contributed by atoms with Crippen LogP contribution in [-0.2, 0) is 19.6 Å². The summed E-state index contributed by atoms with van der Waals surface area (Å²) in [5.74, 6) is -2.65. The molecule has 0 saturated heterocycles. The van der Waals surface area contributed by atoms with Crippen molar-refractivity contribution in [1.29, 1.82) is 0 Å². The number of esters is 1. The molecule has 0 aliphatic heterocycles. The van der Waals surface area contributed by atoms with Crippen LogP contribution in [0, 0.1) is 12.8 Å². The van der Waals surface area contributed by atoms with Gasteiger partial charge in [-0.25, -0.2) is 17.5 Å². The van der Waals surface area contributed by atoms with Crippen LogP contribution in [0.3, 0.4) is 0 Å². The van der Waals surface area contributed by atoms with Crippen LogP contribution in [0.4, 0.5) is 0 Å². The van der Waals surface area contributed by atoms with Crippen molar-refractivity contribution in [2.75, 3.05) is 20.7 Å². The van der Waals surface area contributed by atoms with E-state index in [0.717, 1.165) is 10.5 Å². The van der Waals surface area contributed by atoms with Crippen LogP contribution < -0.4 is 0 Å². The SMILES string of the molecule is COC(=O)c1cc(S(=O)(=O)N(C)CC(C)C(=O)O)cnc1C. The van der Waals surface area contributed by atoms with Crippen molar-refractivity contribution in [3.63, 3.8) is 0 Å². The van der Waals surface area contributed by atoms with Gasteiger partial charge in [-0.3, -0.25) is 9.78 Å². The van der Waals surface area contributed by atoms with Crippen molar-refractivity contribution in [2.24, 2.45) is 5.92 Å². The molecule has 0 amide bonds. The minimum absolute atomic E-state index is 0.0447. The van der Waals surface area contributed by atoms with Crippen LogP contribution in [0.1, 0.15) is 23.0 Å². The van der Waals surface area contributed by atoms with E-state index < -0.39 is 27.9 Å². The number of hydrogen-bond acceptors (Lipinski definition) is 6. The summed E-state index contributed by atoms with van der Waals surface area (Å²) in [6.07, 6.45) is 1.12. The lowest BCUT2D eigenvalue weighted by Crippen LogP contribution is -2.34. The number of sulfonamides is 1. The minimum atomic E-state index is -3.95. The fourth-order valence-corrected chi connectivity index (χ4v) is 2.95. The molecule has 1 rings (SSSR count). The molecule has 1 atom stereocenters. The van der Waals surface area contributed by atoms with Crippen molar-refractivity contribution in [1.82, 2.24) is 9.29 Å². The van der Waals surface area contributed by atoms with Gasteiger partial charge in [-0.15, -0.1) is 0 Å².